The van der Waals surface area contributed by atoms with Gasteiger partial charge >= 0.3 is 5.97 Å². The summed E-state index contributed by atoms with van der Waals surface area (Å²) in [5.41, 5.74) is 1.52. The molecular formula is C25H22O6. The Morgan fingerprint density at radius 3 is 2.13 bits per heavy atom. The molecule has 0 aliphatic carbocycles. The van der Waals surface area contributed by atoms with Gasteiger partial charge in [-0.05, 0) is 54.1 Å². The molecule has 0 radical (unpaired) electrons. The van der Waals surface area contributed by atoms with Gasteiger partial charge in [0.25, 0.3) is 0 Å². The van der Waals surface area contributed by atoms with Gasteiger partial charge in [0.2, 0.25) is 0 Å². The SMILES string of the molecule is COc1ccc(OC)c(C(=O)C=Cc2ccc(OC(=O)c3ccccc3)c(OC)c2)c1. The Balaban J connectivity index is 1.79. The number of hydrogen-bond donors (Lipinski definition) is 0. The van der Waals surface area contributed by atoms with Gasteiger partial charge in [-0.25, -0.2) is 4.79 Å². The maximum absolute atomic E-state index is 12.7. The lowest BCUT2D eigenvalue weighted by molar-refractivity contribution is 0.0729. The van der Waals surface area contributed by atoms with Gasteiger partial charge in [-0.3, -0.25) is 4.79 Å². The molecule has 0 unspecified atom stereocenters. The van der Waals surface area contributed by atoms with Crippen LogP contribution in [0.5, 0.6) is 23.0 Å². The van der Waals surface area contributed by atoms with Crippen LogP contribution in [0, 0.1) is 0 Å². The van der Waals surface area contributed by atoms with E-state index < -0.39 is 5.97 Å². The number of methoxy groups -OCH3 is 3. The number of allylic oxidation sites excluding steroid dienone is 1. The van der Waals surface area contributed by atoms with Crippen LogP contribution in [0.1, 0.15) is 26.3 Å². The molecule has 6 heteroatoms. The van der Waals surface area contributed by atoms with Crippen molar-refractivity contribution < 1.29 is 28.5 Å². The Morgan fingerprint density at radius 1 is 0.742 bits per heavy atom. The van der Waals surface area contributed by atoms with Crippen LogP contribution in [0.4, 0.5) is 0 Å². The summed E-state index contributed by atoms with van der Waals surface area (Å²) in [4.78, 5) is 25.0. The van der Waals surface area contributed by atoms with E-state index in [-0.39, 0.29) is 11.5 Å². The Bertz CT molecular complexity index is 1100. The third-order valence-electron chi connectivity index (χ3n) is 4.50. The molecule has 0 bridgehead atoms. The molecule has 0 aromatic heterocycles. The first-order valence-electron chi connectivity index (χ1n) is 9.45. The van der Waals surface area contributed by atoms with E-state index in [9.17, 15) is 9.59 Å². The van der Waals surface area contributed by atoms with Gasteiger partial charge < -0.3 is 18.9 Å². The highest BCUT2D eigenvalue weighted by atomic mass is 16.6. The van der Waals surface area contributed by atoms with Crippen LogP contribution < -0.4 is 18.9 Å². The molecule has 31 heavy (non-hydrogen) atoms. The lowest BCUT2D eigenvalue weighted by Crippen LogP contribution is -2.09. The topological polar surface area (TPSA) is 71.1 Å². The molecule has 0 saturated carbocycles. The Kier molecular flexibility index (Phi) is 7.06. The highest BCUT2D eigenvalue weighted by molar-refractivity contribution is 6.09. The Hall–Kier alpha value is -4.06. The fourth-order valence-corrected chi connectivity index (χ4v) is 2.87. The number of carbonyl (C=O) groups excluding carboxylic acids is 2. The van der Waals surface area contributed by atoms with Gasteiger partial charge in [-0.2, -0.15) is 0 Å². The molecule has 3 aromatic rings. The monoisotopic (exact) mass is 418 g/mol. The highest BCUT2D eigenvalue weighted by Gasteiger charge is 2.13. The minimum atomic E-state index is -0.484. The molecule has 0 amide bonds. The van der Waals surface area contributed by atoms with E-state index in [0.717, 1.165) is 0 Å². The number of esters is 1. The van der Waals surface area contributed by atoms with Crippen molar-refractivity contribution in [1.29, 1.82) is 0 Å². The first-order chi connectivity index (χ1) is 15.0. The molecule has 3 rings (SSSR count). The second kappa shape index (κ2) is 10.1. The summed E-state index contributed by atoms with van der Waals surface area (Å²) in [6.07, 6.45) is 3.08. The van der Waals surface area contributed by atoms with Crippen molar-refractivity contribution in [3.05, 3.63) is 89.5 Å². The van der Waals surface area contributed by atoms with Crippen molar-refractivity contribution in [3.8, 4) is 23.0 Å². The van der Waals surface area contributed by atoms with Crippen molar-refractivity contribution in [2.75, 3.05) is 21.3 Å². The molecule has 0 fully saturated rings. The average Bonchev–Trinajstić information content (AvgIpc) is 2.83. The third kappa shape index (κ3) is 5.30. The Morgan fingerprint density at radius 2 is 1.45 bits per heavy atom. The number of rotatable bonds is 8. The van der Waals surface area contributed by atoms with Crippen molar-refractivity contribution in [3.63, 3.8) is 0 Å². The summed E-state index contributed by atoms with van der Waals surface area (Å²) in [7, 11) is 4.52. The average molecular weight is 418 g/mol. The predicted octanol–water partition coefficient (Wildman–Crippen LogP) is 4.83. The Labute approximate surface area is 180 Å². The quantitative estimate of drug-likeness (QED) is 0.226. The van der Waals surface area contributed by atoms with Crippen molar-refractivity contribution in [2.45, 2.75) is 0 Å². The second-order valence-electron chi connectivity index (χ2n) is 6.43. The van der Waals surface area contributed by atoms with E-state index in [1.807, 2.05) is 6.07 Å². The van der Waals surface area contributed by atoms with Gasteiger partial charge in [0.15, 0.2) is 17.3 Å². The largest absolute Gasteiger partial charge is 0.497 e. The van der Waals surface area contributed by atoms with Crippen LogP contribution in [0.2, 0.25) is 0 Å². The fraction of sp³-hybridized carbons (Fsp3) is 0.120. The number of carbonyl (C=O) groups is 2. The third-order valence-corrected chi connectivity index (χ3v) is 4.50. The molecule has 0 saturated heterocycles. The van der Waals surface area contributed by atoms with Crippen LogP contribution in [-0.2, 0) is 0 Å². The maximum atomic E-state index is 12.7. The van der Waals surface area contributed by atoms with E-state index in [2.05, 4.69) is 0 Å². The predicted molar refractivity (Wildman–Crippen MR) is 117 cm³/mol. The van der Waals surface area contributed by atoms with E-state index in [1.54, 1.807) is 66.7 Å². The van der Waals surface area contributed by atoms with Crippen molar-refractivity contribution in [1.82, 2.24) is 0 Å². The zero-order chi connectivity index (χ0) is 22.2. The molecule has 158 valence electrons. The summed E-state index contributed by atoms with van der Waals surface area (Å²) in [5.74, 6) is 0.948. The second-order valence-corrected chi connectivity index (χ2v) is 6.43. The van der Waals surface area contributed by atoms with Crippen molar-refractivity contribution in [2.24, 2.45) is 0 Å². The minimum Gasteiger partial charge on any atom is -0.497 e. The number of benzene rings is 3. The standard InChI is InChI=1S/C25H22O6/c1-28-19-11-14-22(29-2)20(16-19)21(26)12-9-17-10-13-23(24(15-17)30-3)31-25(27)18-7-5-4-6-8-18/h4-16H,1-3H3. The molecular weight excluding hydrogens is 396 g/mol. The summed E-state index contributed by atoms with van der Waals surface area (Å²) in [5, 5.41) is 0. The van der Waals surface area contributed by atoms with E-state index in [0.29, 0.717) is 33.9 Å². The van der Waals surface area contributed by atoms with Gasteiger partial charge in [-0.1, -0.05) is 30.3 Å². The van der Waals surface area contributed by atoms with Crippen LogP contribution in [0.25, 0.3) is 6.08 Å². The van der Waals surface area contributed by atoms with Gasteiger partial charge in [0.1, 0.15) is 11.5 Å². The van der Waals surface area contributed by atoms with E-state index >= 15 is 0 Å². The lowest BCUT2D eigenvalue weighted by atomic mass is 10.1. The number of ketones is 1. The van der Waals surface area contributed by atoms with Gasteiger partial charge in [-0.15, -0.1) is 0 Å². The minimum absolute atomic E-state index is 0.241. The van der Waals surface area contributed by atoms with Crippen molar-refractivity contribution >= 4 is 17.8 Å². The zero-order valence-corrected chi connectivity index (χ0v) is 17.5. The molecule has 0 heterocycles. The fourth-order valence-electron chi connectivity index (χ4n) is 2.87. The summed E-state index contributed by atoms with van der Waals surface area (Å²) in [6.45, 7) is 0. The first-order valence-corrected chi connectivity index (χ1v) is 9.45. The molecule has 0 atom stereocenters. The highest BCUT2D eigenvalue weighted by Crippen LogP contribution is 2.30. The summed E-state index contributed by atoms with van der Waals surface area (Å²) < 4.78 is 21.2. The van der Waals surface area contributed by atoms with Crippen LogP contribution >= 0.6 is 0 Å². The number of hydrogen-bond acceptors (Lipinski definition) is 6. The molecule has 0 N–H and O–H groups in total. The van der Waals surface area contributed by atoms with Gasteiger partial charge in [0.05, 0.1) is 32.5 Å². The molecule has 3 aromatic carbocycles. The molecule has 0 aliphatic rings. The lowest BCUT2D eigenvalue weighted by Gasteiger charge is -2.10. The normalized spacial score (nSPS) is 10.5. The molecule has 0 aliphatic heterocycles. The maximum Gasteiger partial charge on any atom is 0.343 e. The zero-order valence-electron chi connectivity index (χ0n) is 17.5. The van der Waals surface area contributed by atoms with Crippen LogP contribution in [0.15, 0.2) is 72.8 Å². The first kappa shape index (κ1) is 21.6. The molecule has 0 spiro atoms. The van der Waals surface area contributed by atoms with Gasteiger partial charge in [0, 0.05) is 0 Å². The smallest absolute Gasteiger partial charge is 0.343 e. The van der Waals surface area contributed by atoms with E-state index in [1.165, 1.54) is 27.4 Å². The number of ether oxygens (including phenoxy) is 4. The summed E-state index contributed by atoms with van der Waals surface area (Å²) >= 11 is 0. The summed E-state index contributed by atoms with van der Waals surface area (Å²) in [6, 6.07) is 18.7. The van der Waals surface area contributed by atoms with Crippen LogP contribution in [-0.4, -0.2) is 33.1 Å². The molecule has 6 nitrogen and oxygen atoms in total. The van der Waals surface area contributed by atoms with E-state index in [4.69, 9.17) is 18.9 Å². The van der Waals surface area contributed by atoms with Crippen LogP contribution in [0.3, 0.4) is 0 Å².